The number of hydrogen-bond acceptors (Lipinski definition) is 4. The molecule has 0 N–H and O–H groups in total. The molecule has 8 aromatic rings. The number of allylic oxidation sites excluding steroid dienone is 10. The Labute approximate surface area is 434 Å². The maximum Gasteiger partial charge on any atom is 0.0991 e. The van der Waals surface area contributed by atoms with Gasteiger partial charge in [-0.15, -0.1) is 0 Å². The first kappa shape index (κ1) is 45.6. The lowest BCUT2D eigenvalue weighted by Gasteiger charge is -2.44. The molecule has 0 aromatic heterocycles. The average Bonchev–Trinajstić information content (AvgIpc) is 3.44. The van der Waals surface area contributed by atoms with Gasteiger partial charge in [-0.1, -0.05) is 174 Å². The van der Waals surface area contributed by atoms with Gasteiger partial charge in [0.2, 0.25) is 0 Å². The van der Waals surface area contributed by atoms with Crippen LogP contribution >= 0.6 is 0 Å². The zero-order valence-electron chi connectivity index (χ0n) is 41.9. The van der Waals surface area contributed by atoms with E-state index in [0.717, 1.165) is 73.0 Å². The number of aryl methyl sites for hydroxylation is 4. The lowest BCUT2D eigenvalue weighted by molar-refractivity contribution is 0.773. The second kappa shape index (κ2) is 18.9. The first-order valence-electron chi connectivity index (χ1n) is 25.3. The van der Waals surface area contributed by atoms with E-state index in [1.165, 1.54) is 50.1 Å². The molecule has 2 atom stereocenters. The summed E-state index contributed by atoms with van der Waals surface area (Å²) in [6.07, 6.45) is 18.5. The predicted octanol–water partition coefficient (Wildman–Crippen LogP) is 17.4. The van der Waals surface area contributed by atoms with E-state index in [2.05, 4.69) is 256 Å². The Hall–Kier alpha value is -9.48. The first-order valence-corrected chi connectivity index (χ1v) is 25.3. The molecule has 0 radical (unpaired) electrons. The Morgan fingerprint density at radius 2 is 0.892 bits per heavy atom. The van der Waals surface area contributed by atoms with Gasteiger partial charge in [0.1, 0.15) is 0 Å². The van der Waals surface area contributed by atoms with Crippen molar-refractivity contribution in [1.29, 1.82) is 10.5 Å². The minimum atomic E-state index is -0.201. The molecule has 0 spiro atoms. The number of nitriles is 2. The molecule has 0 bridgehead atoms. The van der Waals surface area contributed by atoms with Crippen LogP contribution in [-0.2, 0) is 0 Å². The number of hydrogen-bond donors (Lipinski definition) is 0. The molecule has 0 aliphatic heterocycles. The molecule has 2 unspecified atom stereocenters. The van der Waals surface area contributed by atoms with Crippen molar-refractivity contribution < 1.29 is 0 Å². The fourth-order valence-corrected chi connectivity index (χ4v) is 11.0. The summed E-state index contributed by atoms with van der Waals surface area (Å²) in [5.41, 5.74) is 26.5. The normalized spacial score (nSPS) is 16.0. The van der Waals surface area contributed by atoms with Crippen molar-refractivity contribution in [3.8, 4) is 56.6 Å². The minimum absolute atomic E-state index is 0.0544. The summed E-state index contributed by atoms with van der Waals surface area (Å²) in [7, 11) is 0. The van der Waals surface area contributed by atoms with Crippen molar-refractivity contribution in [2.75, 3.05) is 9.80 Å². The number of benzene rings is 8. The average molecular weight is 949 g/mol. The van der Waals surface area contributed by atoms with Crippen LogP contribution in [0.5, 0.6) is 0 Å². The smallest absolute Gasteiger partial charge is 0.0991 e. The molecule has 0 fully saturated rings. The summed E-state index contributed by atoms with van der Waals surface area (Å²) in [6, 6.07) is 69.4. The van der Waals surface area contributed by atoms with Gasteiger partial charge < -0.3 is 9.80 Å². The van der Waals surface area contributed by atoms with Crippen LogP contribution < -0.4 is 9.80 Å². The molecule has 4 aliphatic rings. The third-order valence-electron chi connectivity index (χ3n) is 15.0. The maximum atomic E-state index is 9.98. The second-order valence-electron chi connectivity index (χ2n) is 19.9. The Morgan fingerprint density at radius 1 is 0.419 bits per heavy atom. The summed E-state index contributed by atoms with van der Waals surface area (Å²) < 4.78 is 0. The van der Waals surface area contributed by atoms with Crippen LogP contribution in [0, 0.1) is 56.3 Å². The largest absolute Gasteiger partial charge is 0.330 e. The van der Waals surface area contributed by atoms with Crippen LogP contribution in [0.1, 0.15) is 33.4 Å². The summed E-state index contributed by atoms with van der Waals surface area (Å²) in [5, 5.41) is 20.0. The summed E-state index contributed by atoms with van der Waals surface area (Å²) in [5.74, 6) is -0.0544. The third kappa shape index (κ3) is 8.33. The Bertz CT molecular complexity index is 3840. The van der Waals surface area contributed by atoms with Gasteiger partial charge in [0, 0.05) is 34.1 Å². The van der Waals surface area contributed by atoms with E-state index in [1.54, 1.807) is 0 Å². The minimum Gasteiger partial charge on any atom is -0.330 e. The monoisotopic (exact) mass is 948 g/mol. The second-order valence-corrected chi connectivity index (χ2v) is 19.9. The molecule has 0 saturated heterocycles. The van der Waals surface area contributed by atoms with Gasteiger partial charge in [-0.25, -0.2) is 0 Å². The standard InChI is InChI=1S/C70H52N4/c1-45-5-17-51(18-6-45)57-29-39-67(63(41-57)53-21-9-47(3)10-22-53)73(59-31-13-49(43-71)14-32-59)65-37-27-55-26-36-62-66(38-28-56-25-35-61(65)69(55)70(56)62)74(60-33-15-50(44-72)16-34-60)68-40-30-58(52-19-7-46(2)8-20-52)42-64(68)54-23-11-48(4)12-24-54/h5-42,65,70H,1-4H3. The van der Waals surface area contributed by atoms with Crippen molar-refractivity contribution >= 4 is 22.7 Å². The summed E-state index contributed by atoms with van der Waals surface area (Å²) in [4.78, 5) is 4.86. The lowest BCUT2D eigenvalue weighted by Crippen LogP contribution is -2.37. The van der Waals surface area contributed by atoms with E-state index >= 15 is 0 Å². The van der Waals surface area contributed by atoms with Crippen molar-refractivity contribution in [2.24, 2.45) is 5.92 Å². The van der Waals surface area contributed by atoms with Crippen LogP contribution in [-0.4, -0.2) is 6.04 Å². The van der Waals surface area contributed by atoms with Crippen LogP contribution in [0.4, 0.5) is 22.7 Å². The highest BCUT2D eigenvalue weighted by Crippen LogP contribution is 2.53. The highest BCUT2D eigenvalue weighted by Gasteiger charge is 2.40. The van der Waals surface area contributed by atoms with Crippen molar-refractivity contribution in [2.45, 2.75) is 33.7 Å². The van der Waals surface area contributed by atoms with Crippen molar-refractivity contribution in [3.05, 3.63) is 298 Å². The van der Waals surface area contributed by atoms with E-state index in [-0.39, 0.29) is 12.0 Å². The summed E-state index contributed by atoms with van der Waals surface area (Å²) >= 11 is 0. The van der Waals surface area contributed by atoms with E-state index in [0.29, 0.717) is 11.1 Å². The number of rotatable bonds is 10. The molecule has 8 aromatic carbocycles. The summed E-state index contributed by atoms with van der Waals surface area (Å²) in [6.45, 7) is 8.51. The lowest BCUT2D eigenvalue weighted by atomic mass is 9.67. The number of nitrogens with zero attached hydrogens (tertiary/aromatic N) is 4. The molecule has 74 heavy (non-hydrogen) atoms. The topological polar surface area (TPSA) is 54.1 Å². The van der Waals surface area contributed by atoms with Crippen molar-refractivity contribution in [1.82, 2.24) is 0 Å². The van der Waals surface area contributed by atoms with Gasteiger partial charge >= 0.3 is 0 Å². The van der Waals surface area contributed by atoms with Gasteiger partial charge in [-0.3, -0.25) is 0 Å². The van der Waals surface area contributed by atoms with Crippen LogP contribution in [0.15, 0.2) is 264 Å². The highest BCUT2D eigenvalue weighted by atomic mass is 15.2. The van der Waals surface area contributed by atoms with E-state index < -0.39 is 0 Å². The van der Waals surface area contributed by atoms with Crippen molar-refractivity contribution in [3.63, 3.8) is 0 Å². The first-order chi connectivity index (χ1) is 36.2. The van der Waals surface area contributed by atoms with Gasteiger partial charge in [0.05, 0.1) is 40.7 Å². The molecule has 4 aliphatic carbocycles. The Balaban J connectivity index is 1.02. The van der Waals surface area contributed by atoms with Gasteiger partial charge in [-0.2, -0.15) is 10.5 Å². The zero-order valence-corrected chi connectivity index (χ0v) is 41.9. The molecular formula is C70H52N4. The predicted molar refractivity (Wildman–Crippen MR) is 305 cm³/mol. The third-order valence-corrected chi connectivity index (χ3v) is 15.0. The van der Waals surface area contributed by atoms with E-state index in [9.17, 15) is 10.5 Å². The molecule has 0 amide bonds. The quantitative estimate of drug-likeness (QED) is 0.137. The molecular weight excluding hydrogens is 897 g/mol. The molecule has 4 heteroatoms. The van der Waals surface area contributed by atoms with Crippen LogP contribution in [0.3, 0.4) is 0 Å². The van der Waals surface area contributed by atoms with Gasteiger partial charge in [-0.05, 0) is 168 Å². The highest BCUT2D eigenvalue weighted by molar-refractivity contribution is 5.91. The van der Waals surface area contributed by atoms with Crippen LogP contribution in [0.2, 0.25) is 0 Å². The molecule has 0 heterocycles. The van der Waals surface area contributed by atoms with E-state index in [1.807, 2.05) is 24.3 Å². The molecule has 0 saturated carbocycles. The Kier molecular flexibility index (Phi) is 11.7. The molecule has 12 rings (SSSR count). The van der Waals surface area contributed by atoms with Gasteiger partial charge in [0.25, 0.3) is 0 Å². The van der Waals surface area contributed by atoms with Crippen LogP contribution in [0.25, 0.3) is 44.5 Å². The van der Waals surface area contributed by atoms with Gasteiger partial charge in [0.15, 0.2) is 0 Å². The molecule has 352 valence electrons. The van der Waals surface area contributed by atoms with E-state index in [4.69, 9.17) is 0 Å². The Morgan fingerprint density at radius 3 is 1.42 bits per heavy atom. The maximum absolute atomic E-state index is 9.98. The fraction of sp³-hybridized carbons (Fsp3) is 0.0857. The fourth-order valence-electron chi connectivity index (χ4n) is 11.0. The molecule has 4 nitrogen and oxygen atoms in total. The SMILES string of the molecule is Cc1ccc(-c2ccc(N(C3=C4C=CC5=C6C(=CC=C(C=C3)C46)C(N(c3ccc(C#N)cc3)c3ccc(-c4ccc(C)cc4)cc3-c3ccc(C)cc3)C=C5)c3ccc(C#N)cc3)c(-c3ccc(C)cc3)c2)cc1. The zero-order chi connectivity index (χ0) is 50.5. The number of anilines is 4.